The summed E-state index contributed by atoms with van der Waals surface area (Å²) in [6.07, 6.45) is 2.31. The molecule has 1 saturated heterocycles. The molecule has 19 heavy (non-hydrogen) atoms. The Kier molecular flexibility index (Phi) is 4.82. The Balaban J connectivity index is 2.01. The van der Waals surface area contributed by atoms with Crippen LogP contribution in [0.15, 0.2) is 22.7 Å². The van der Waals surface area contributed by atoms with Gasteiger partial charge in [0.25, 0.3) is 5.91 Å². The van der Waals surface area contributed by atoms with Crippen molar-refractivity contribution in [3.8, 4) is 5.75 Å². The number of amides is 1. The minimum Gasteiger partial charge on any atom is -0.507 e. The standard InChI is InChI=1S/C14H19BrN2O2/c1-17(9-10-3-2-6-16-8-10)14(19)12-5-4-11(15)7-13(12)18/h4-5,7,10,16,18H,2-3,6,8-9H2,1H3. The van der Waals surface area contributed by atoms with E-state index < -0.39 is 0 Å². The predicted octanol–water partition coefficient (Wildman–Crippen LogP) is 2.23. The Morgan fingerprint density at radius 1 is 1.58 bits per heavy atom. The minimum atomic E-state index is -0.129. The third-order valence-electron chi connectivity index (χ3n) is 3.47. The Labute approximate surface area is 121 Å². The second-order valence-electron chi connectivity index (χ2n) is 5.06. The number of benzene rings is 1. The summed E-state index contributed by atoms with van der Waals surface area (Å²) in [5.41, 5.74) is 0.356. The van der Waals surface area contributed by atoms with Crippen molar-refractivity contribution < 1.29 is 9.90 Å². The molecule has 1 atom stereocenters. The molecule has 0 spiro atoms. The average Bonchev–Trinajstić information content (AvgIpc) is 2.39. The second-order valence-corrected chi connectivity index (χ2v) is 5.98. The number of phenolic OH excluding ortho intramolecular Hbond substituents is 1. The summed E-state index contributed by atoms with van der Waals surface area (Å²) in [4.78, 5) is 14.0. The van der Waals surface area contributed by atoms with Crippen LogP contribution < -0.4 is 5.32 Å². The number of carbonyl (C=O) groups is 1. The van der Waals surface area contributed by atoms with Crippen molar-refractivity contribution in [1.82, 2.24) is 10.2 Å². The monoisotopic (exact) mass is 326 g/mol. The quantitative estimate of drug-likeness (QED) is 0.895. The van der Waals surface area contributed by atoms with Crippen LogP contribution in [0, 0.1) is 5.92 Å². The second kappa shape index (κ2) is 6.39. The Morgan fingerprint density at radius 2 is 2.37 bits per heavy atom. The van der Waals surface area contributed by atoms with E-state index in [1.807, 2.05) is 0 Å². The number of hydrogen-bond donors (Lipinski definition) is 2. The fourth-order valence-electron chi connectivity index (χ4n) is 2.44. The van der Waals surface area contributed by atoms with Crippen LogP contribution >= 0.6 is 15.9 Å². The van der Waals surface area contributed by atoms with Gasteiger partial charge in [-0.3, -0.25) is 4.79 Å². The third kappa shape index (κ3) is 3.70. The Bertz CT molecular complexity index is 459. The maximum absolute atomic E-state index is 12.3. The van der Waals surface area contributed by atoms with Gasteiger partial charge in [-0.15, -0.1) is 0 Å². The molecular weight excluding hydrogens is 308 g/mol. The van der Waals surface area contributed by atoms with Crippen molar-refractivity contribution in [3.63, 3.8) is 0 Å². The first-order chi connectivity index (χ1) is 9.08. The van der Waals surface area contributed by atoms with Gasteiger partial charge in [0.1, 0.15) is 5.75 Å². The SMILES string of the molecule is CN(CC1CCCNC1)C(=O)c1ccc(Br)cc1O. The number of nitrogens with zero attached hydrogens (tertiary/aromatic N) is 1. The van der Waals surface area contributed by atoms with E-state index >= 15 is 0 Å². The highest BCUT2D eigenvalue weighted by Crippen LogP contribution is 2.24. The lowest BCUT2D eigenvalue weighted by atomic mass is 9.99. The lowest BCUT2D eigenvalue weighted by molar-refractivity contribution is 0.0761. The summed E-state index contributed by atoms with van der Waals surface area (Å²) < 4.78 is 0.765. The molecule has 0 radical (unpaired) electrons. The summed E-state index contributed by atoms with van der Waals surface area (Å²) in [6, 6.07) is 4.96. The number of rotatable bonds is 3. The minimum absolute atomic E-state index is 0.0213. The van der Waals surface area contributed by atoms with Crippen molar-refractivity contribution in [2.24, 2.45) is 5.92 Å². The predicted molar refractivity (Wildman–Crippen MR) is 78.4 cm³/mol. The van der Waals surface area contributed by atoms with Crippen LogP contribution in [0.1, 0.15) is 23.2 Å². The Morgan fingerprint density at radius 3 is 3.00 bits per heavy atom. The van der Waals surface area contributed by atoms with Gasteiger partial charge in [-0.2, -0.15) is 0 Å². The van der Waals surface area contributed by atoms with Gasteiger partial charge in [0.2, 0.25) is 0 Å². The summed E-state index contributed by atoms with van der Waals surface area (Å²) >= 11 is 3.27. The van der Waals surface area contributed by atoms with Crippen molar-refractivity contribution >= 4 is 21.8 Å². The van der Waals surface area contributed by atoms with E-state index in [0.717, 1.165) is 36.9 Å². The van der Waals surface area contributed by atoms with Gasteiger partial charge in [-0.05, 0) is 50.0 Å². The van der Waals surface area contributed by atoms with E-state index in [9.17, 15) is 9.90 Å². The average molecular weight is 327 g/mol. The highest BCUT2D eigenvalue weighted by atomic mass is 79.9. The lowest BCUT2D eigenvalue weighted by Gasteiger charge is -2.27. The van der Waals surface area contributed by atoms with Crippen LogP contribution in [0.25, 0.3) is 0 Å². The zero-order chi connectivity index (χ0) is 13.8. The Hall–Kier alpha value is -1.07. The van der Waals surface area contributed by atoms with Crippen molar-refractivity contribution in [3.05, 3.63) is 28.2 Å². The summed E-state index contributed by atoms with van der Waals surface area (Å²) in [5, 5.41) is 13.2. The molecule has 1 unspecified atom stereocenters. The number of halogens is 1. The molecule has 5 heteroatoms. The molecule has 1 aromatic rings. The highest BCUT2D eigenvalue weighted by Gasteiger charge is 2.20. The fourth-order valence-corrected chi connectivity index (χ4v) is 2.79. The van der Waals surface area contributed by atoms with Gasteiger partial charge in [-0.25, -0.2) is 0 Å². The van der Waals surface area contributed by atoms with Crippen molar-refractivity contribution in [1.29, 1.82) is 0 Å². The van der Waals surface area contributed by atoms with Crippen molar-refractivity contribution in [2.75, 3.05) is 26.7 Å². The van der Waals surface area contributed by atoms with Crippen LogP contribution in [0.2, 0.25) is 0 Å². The molecule has 0 saturated carbocycles. The first-order valence-electron chi connectivity index (χ1n) is 6.52. The third-order valence-corrected chi connectivity index (χ3v) is 3.96. The first kappa shape index (κ1) is 14.3. The van der Waals surface area contributed by atoms with E-state index in [4.69, 9.17) is 0 Å². The molecule has 1 aliphatic rings. The first-order valence-corrected chi connectivity index (χ1v) is 7.32. The smallest absolute Gasteiger partial charge is 0.257 e. The normalized spacial score (nSPS) is 19.2. The largest absolute Gasteiger partial charge is 0.507 e. The lowest BCUT2D eigenvalue weighted by Crippen LogP contribution is -2.39. The summed E-state index contributed by atoms with van der Waals surface area (Å²) in [6.45, 7) is 2.76. The topological polar surface area (TPSA) is 52.6 Å². The van der Waals surface area contributed by atoms with Gasteiger partial charge in [-0.1, -0.05) is 15.9 Å². The molecule has 0 aliphatic carbocycles. The number of nitrogens with one attached hydrogen (secondary N) is 1. The van der Waals surface area contributed by atoms with Gasteiger partial charge in [0.15, 0.2) is 0 Å². The molecular formula is C14H19BrN2O2. The van der Waals surface area contributed by atoms with E-state index in [1.54, 1.807) is 30.1 Å². The van der Waals surface area contributed by atoms with Gasteiger partial charge in [0, 0.05) is 18.1 Å². The van der Waals surface area contributed by atoms with Gasteiger partial charge in [0.05, 0.1) is 5.56 Å². The molecule has 1 heterocycles. The maximum Gasteiger partial charge on any atom is 0.257 e. The van der Waals surface area contributed by atoms with E-state index in [-0.39, 0.29) is 11.7 Å². The fraction of sp³-hybridized carbons (Fsp3) is 0.500. The van der Waals surface area contributed by atoms with Crippen LogP contribution in [0.3, 0.4) is 0 Å². The van der Waals surface area contributed by atoms with Crippen LogP contribution in [0.4, 0.5) is 0 Å². The zero-order valence-electron chi connectivity index (χ0n) is 11.0. The number of aromatic hydroxyl groups is 1. The summed E-state index contributed by atoms with van der Waals surface area (Å²) in [5.74, 6) is 0.392. The van der Waals surface area contributed by atoms with Crippen LogP contribution in [-0.2, 0) is 0 Å². The molecule has 1 fully saturated rings. The molecule has 4 nitrogen and oxygen atoms in total. The molecule has 0 bridgehead atoms. The molecule has 0 aromatic heterocycles. The summed E-state index contributed by atoms with van der Waals surface area (Å²) in [7, 11) is 1.79. The van der Waals surface area contributed by atoms with E-state index in [2.05, 4.69) is 21.2 Å². The molecule has 1 amide bonds. The number of phenols is 1. The highest BCUT2D eigenvalue weighted by molar-refractivity contribution is 9.10. The molecule has 104 valence electrons. The maximum atomic E-state index is 12.3. The number of piperidine rings is 1. The van der Waals surface area contributed by atoms with E-state index in [1.165, 1.54) is 0 Å². The molecule has 2 rings (SSSR count). The number of hydrogen-bond acceptors (Lipinski definition) is 3. The van der Waals surface area contributed by atoms with Gasteiger partial charge < -0.3 is 15.3 Å². The molecule has 1 aliphatic heterocycles. The van der Waals surface area contributed by atoms with Gasteiger partial charge >= 0.3 is 0 Å². The van der Waals surface area contributed by atoms with E-state index in [0.29, 0.717) is 11.5 Å². The molecule has 2 N–H and O–H groups in total. The molecule has 1 aromatic carbocycles. The zero-order valence-corrected chi connectivity index (χ0v) is 12.6. The van der Waals surface area contributed by atoms with Crippen molar-refractivity contribution in [2.45, 2.75) is 12.8 Å². The van der Waals surface area contributed by atoms with Crippen LogP contribution in [0.5, 0.6) is 5.75 Å². The number of carbonyl (C=O) groups excluding carboxylic acids is 1. The van der Waals surface area contributed by atoms with Crippen LogP contribution in [-0.4, -0.2) is 42.6 Å².